The van der Waals surface area contributed by atoms with Crippen molar-refractivity contribution in [3.63, 3.8) is 0 Å². The van der Waals surface area contributed by atoms with Crippen molar-refractivity contribution in [3.8, 4) is 11.5 Å². The van der Waals surface area contributed by atoms with Crippen molar-refractivity contribution in [2.24, 2.45) is 0 Å². The maximum Gasteiger partial charge on any atom is 0.231 e. The lowest BCUT2D eigenvalue weighted by atomic mass is 10.1. The lowest BCUT2D eigenvalue weighted by Crippen LogP contribution is -2.34. The summed E-state index contributed by atoms with van der Waals surface area (Å²) in [6.07, 6.45) is 1.88. The molecule has 1 aromatic heterocycles. The molecular weight excluding hydrogens is 338 g/mol. The number of benzene rings is 1. The Balaban J connectivity index is 1.24. The van der Waals surface area contributed by atoms with Gasteiger partial charge in [0.25, 0.3) is 0 Å². The fourth-order valence-electron chi connectivity index (χ4n) is 3.55. The van der Waals surface area contributed by atoms with Gasteiger partial charge in [-0.25, -0.2) is 0 Å². The van der Waals surface area contributed by atoms with E-state index in [9.17, 15) is 5.11 Å². The normalized spacial score (nSPS) is 20.9. The maximum absolute atomic E-state index is 10.3. The number of nitrogens with zero attached hydrogens (tertiary/aromatic N) is 1. The predicted molar refractivity (Wildman–Crippen MR) is 96.1 cm³/mol. The van der Waals surface area contributed by atoms with Crippen molar-refractivity contribution in [1.82, 2.24) is 4.90 Å². The van der Waals surface area contributed by atoms with Crippen molar-refractivity contribution in [2.75, 3.05) is 26.5 Å². The van der Waals surface area contributed by atoms with Gasteiger partial charge in [-0.2, -0.15) is 11.3 Å². The van der Waals surface area contributed by atoms with Crippen molar-refractivity contribution in [3.05, 3.63) is 46.2 Å². The van der Waals surface area contributed by atoms with Gasteiger partial charge in [0, 0.05) is 12.6 Å². The number of hydrogen-bond donors (Lipinski definition) is 1. The van der Waals surface area contributed by atoms with Crippen LogP contribution in [0.4, 0.5) is 0 Å². The fraction of sp³-hybridized carbons (Fsp3) is 0.474. The Bertz CT molecular complexity index is 691. The Kier molecular flexibility index (Phi) is 5.22. The number of likely N-dealkylation sites (tertiary alicyclic amines) is 1. The van der Waals surface area contributed by atoms with Gasteiger partial charge in [0.2, 0.25) is 6.79 Å². The zero-order valence-electron chi connectivity index (χ0n) is 14.1. The van der Waals surface area contributed by atoms with Gasteiger partial charge in [0.05, 0.1) is 19.3 Å². The van der Waals surface area contributed by atoms with Crippen LogP contribution in [0.15, 0.2) is 35.0 Å². The van der Waals surface area contributed by atoms with Gasteiger partial charge in [-0.15, -0.1) is 0 Å². The number of fused-ring (bicyclic) bond motifs is 1. The van der Waals surface area contributed by atoms with Gasteiger partial charge in [0.15, 0.2) is 11.5 Å². The number of aliphatic hydroxyl groups is 1. The van der Waals surface area contributed by atoms with Crippen molar-refractivity contribution < 1.29 is 19.3 Å². The number of thiophene rings is 1. The summed E-state index contributed by atoms with van der Waals surface area (Å²) in [4.78, 5) is 2.37. The smallest absolute Gasteiger partial charge is 0.231 e. The molecule has 6 heteroatoms. The largest absolute Gasteiger partial charge is 0.454 e. The summed E-state index contributed by atoms with van der Waals surface area (Å²) in [5.74, 6) is 1.54. The van der Waals surface area contributed by atoms with Gasteiger partial charge in [-0.3, -0.25) is 4.90 Å². The minimum atomic E-state index is -0.478. The van der Waals surface area contributed by atoms with Crippen LogP contribution < -0.4 is 9.47 Å². The van der Waals surface area contributed by atoms with E-state index in [4.69, 9.17) is 14.2 Å². The Morgan fingerprint density at radius 2 is 2.20 bits per heavy atom. The number of ether oxygens (including phenoxy) is 3. The quantitative estimate of drug-likeness (QED) is 0.821. The summed E-state index contributed by atoms with van der Waals surface area (Å²) in [6, 6.07) is 8.42. The lowest BCUT2D eigenvalue weighted by molar-refractivity contribution is 0.00771. The van der Waals surface area contributed by atoms with Gasteiger partial charge < -0.3 is 19.3 Å². The van der Waals surface area contributed by atoms with E-state index in [1.807, 2.05) is 18.2 Å². The molecular formula is C19H23NO4S. The molecule has 2 aromatic rings. The zero-order chi connectivity index (χ0) is 17.1. The van der Waals surface area contributed by atoms with Crippen LogP contribution in [0.1, 0.15) is 30.0 Å². The molecule has 0 spiro atoms. The Morgan fingerprint density at radius 3 is 3.08 bits per heavy atom. The molecule has 2 aliphatic heterocycles. The van der Waals surface area contributed by atoms with Crippen LogP contribution in [0, 0.1) is 0 Å². The SMILES string of the molecule is O[C@H](COCc1ccc2c(c1)OCO2)CN1CCC[C@H]1c1ccsc1. The first kappa shape index (κ1) is 16.8. The summed E-state index contributed by atoms with van der Waals surface area (Å²) >= 11 is 1.73. The molecule has 2 atom stereocenters. The molecule has 134 valence electrons. The monoisotopic (exact) mass is 361 g/mol. The first-order valence-corrected chi connectivity index (χ1v) is 9.64. The molecule has 1 fully saturated rings. The van der Waals surface area contributed by atoms with E-state index >= 15 is 0 Å². The van der Waals surface area contributed by atoms with Crippen LogP contribution >= 0.6 is 11.3 Å². The van der Waals surface area contributed by atoms with Gasteiger partial charge in [-0.05, 0) is 59.5 Å². The maximum atomic E-state index is 10.3. The summed E-state index contributed by atoms with van der Waals surface area (Å²) in [6.45, 7) is 2.77. The molecule has 2 aliphatic rings. The summed E-state index contributed by atoms with van der Waals surface area (Å²) in [5.41, 5.74) is 2.39. The third kappa shape index (κ3) is 3.98. The minimum absolute atomic E-state index is 0.277. The molecule has 1 aromatic carbocycles. The number of β-amino-alcohol motifs (C(OH)–C–C–N with tert-alkyl or cyclic N) is 1. The highest BCUT2D eigenvalue weighted by molar-refractivity contribution is 7.07. The van der Waals surface area contributed by atoms with Crippen LogP contribution in [-0.2, 0) is 11.3 Å². The van der Waals surface area contributed by atoms with E-state index in [1.165, 1.54) is 18.4 Å². The molecule has 3 heterocycles. The third-order valence-electron chi connectivity index (χ3n) is 4.75. The number of rotatable bonds is 7. The fourth-order valence-corrected chi connectivity index (χ4v) is 4.26. The van der Waals surface area contributed by atoms with E-state index in [2.05, 4.69) is 21.7 Å². The molecule has 4 rings (SSSR count). The van der Waals surface area contributed by atoms with Crippen LogP contribution in [0.2, 0.25) is 0 Å². The van der Waals surface area contributed by atoms with Crippen LogP contribution in [-0.4, -0.2) is 42.6 Å². The third-order valence-corrected chi connectivity index (χ3v) is 5.45. The second-order valence-electron chi connectivity index (χ2n) is 6.57. The highest BCUT2D eigenvalue weighted by Crippen LogP contribution is 2.33. The van der Waals surface area contributed by atoms with E-state index in [1.54, 1.807) is 11.3 Å². The Hall–Kier alpha value is -1.60. The average Bonchev–Trinajstić information content (AvgIpc) is 3.35. The molecule has 25 heavy (non-hydrogen) atoms. The van der Waals surface area contributed by atoms with E-state index in [0.29, 0.717) is 25.8 Å². The summed E-state index contributed by atoms with van der Waals surface area (Å²) in [5, 5.41) is 14.7. The molecule has 0 aliphatic carbocycles. The first-order chi connectivity index (χ1) is 12.3. The average molecular weight is 361 g/mol. The zero-order valence-corrected chi connectivity index (χ0v) is 14.9. The first-order valence-electron chi connectivity index (χ1n) is 8.70. The minimum Gasteiger partial charge on any atom is -0.454 e. The number of hydrogen-bond acceptors (Lipinski definition) is 6. The molecule has 1 saturated heterocycles. The predicted octanol–water partition coefficient (Wildman–Crippen LogP) is 3.19. The molecule has 0 radical (unpaired) electrons. The van der Waals surface area contributed by atoms with Crippen molar-refractivity contribution >= 4 is 11.3 Å². The second kappa shape index (κ2) is 7.74. The summed E-state index contributed by atoms with van der Waals surface area (Å²) < 4.78 is 16.4. The Labute approximate surface area is 151 Å². The van der Waals surface area contributed by atoms with Crippen LogP contribution in [0.5, 0.6) is 11.5 Å². The highest BCUT2D eigenvalue weighted by Gasteiger charge is 2.27. The van der Waals surface area contributed by atoms with Crippen molar-refractivity contribution in [1.29, 1.82) is 0 Å². The lowest BCUT2D eigenvalue weighted by Gasteiger charge is -2.26. The summed E-state index contributed by atoms with van der Waals surface area (Å²) in [7, 11) is 0. The van der Waals surface area contributed by atoms with E-state index in [-0.39, 0.29) is 6.79 Å². The number of aliphatic hydroxyl groups excluding tert-OH is 1. The van der Waals surface area contributed by atoms with E-state index in [0.717, 1.165) is 23.6 Å². The van der Waals surface area contributed by atoms with Gasteiger partial charge >= 0.3 is 0 Å². The van der Waals surface area contributed by atoms with Crippen LogP contribution in [0.3, 0.4) is 0 Å². The molecule has 0 saturated carbocycles. The van der Waals surface area contributed by atoms with Crippen LogP contribution in [0.25, 0.3) is 0 Å². The highest BCUT2D eigenvalue weighted by atomic mass is 32.1. The molecule has 1 N–H and O–H groups in total. The standard InChI is InChI=1S/C19H23NO4S/c21-16(9-20-6-1-2-17(20)15-5-7-25-12-15)11-22-10-14-3-4-18-19(8-14)24-13-23-18/h3-5,7-8,12,16-17,21H,1-2,6,9-11,13H2/t16-,17-/m0/s1. The Morgan fingerprint density at radius 1 is 1.28 bits per heavy atom. The molecule has 0 amide bonds. The topological polar surface area (TPSA) is 51.2 Å². The molecule has 0 bridgehead atoms. The van der Waals surface area contributed by atoms with Gasteiger partial charge in [0.1, 0.15) is 0 Å². The molecule has 0 unspecified atom stereocenters. The molecule has 5 nitrogen and oxygen atoms in total. The van der Waals surface area contributed by atoms with Crippen molar-refractivity contribution in [2.45, 2.75) is 31.6 Å². The van der Waals surface area contributed by atoms with E-state index < -0.39 is 6.10 Å². The van der Waals surface area contributed by atoms with Gasteiger partial charge in [-0.1, -0.05) is 6.07 Å². The second-order valence-corrected chi connectivity index (χ2v) is 7.35.